The van der Waals surface area contributed by atoms with Gasteiger partial charge in [-0.05, 0) is 25.0 Å². The van der Waals surface area contributed by atoms with E-state index in [9.17, 15) is 4.79 Å². The van der Waals surface area contributed by atoms with Crippen LogP contribution in [0.25, 0.3) is 0 Å². The minimum absolute atomic E-state index is 0.0605. The van der Waals surface area contributed by atoms with Gasteiger partial charge in [0.2, 0.25) is 5.91 Å². The molecule has 1 aromatic rings. The highest BCUT2D eigenvalue weighted by Crippen LogP contribution is 2.28. The average Bonchev–Trinajstić information content (AvgIpc) is 2.62. The van der Waals surface area contributed by atoms with Gasteiger partial charge in [-0.15, -0.1) is 0 Å². The van der Waals surface area contributed by atoms with Crippen molar-refractivity contribution < 1.29 is 9.53 Å². The van der Waals surface area contributed by atoms with Gasteiger partial charge in [0, 0.05) is 24.8 Å². The normalized spacial score (nSPS) is 15.8. The highest BCUT2D eigenvalue weighted by atomic mass is 16.5. The van der Waals surface area contributed by atoms with Crippen molar-refractivity contribution in [2.75, 3.05) is 36.9 Å². The molecule has 19 heavy (non-hydrogen) atoms. The van der Waals surface area contributed by atoms with Gasteiger partial charge in [-0.1, -0.05) is 6.92 Å². The molecule has 0 aromatic heterocycles. The monoisotopic (exact) mass is 263 g/mol. The number of nitrogen functional groups attached to an aromatic ring is 1. The summed E-state index contributed by atoms with van der Waals surface area (Å²) in [6.45, 7) is 4.68. The minimum Gasteiger partial charge on any atom is -0.491 e. The van der Waals surface area contributed by atoms with Gasteiger partial charge in [0.1, 0.15) is 5.75 Å². The Morgan fingerprint density at radius 3 is 3.11 bits per heavy atom. The van der Waals surface area contributed by atoms with E-state index >= 15 is 0 Å². The molecule has 1 aromatic carbocycles. The zero-order valence-corrected chi connectivity index (χ0v) is 11.3. The Morgan fingerprint density at radius 1 is 1.47 bits per heavy atom. The molecule has 1 amide bonds. The number of carbonyl (C=O) groups is 1. The molecule has 2 rings (SSSR count). The predicted octanol–water partition coefficient (Wildman–Crippen LogP) is 1.38. The van der Waals surface area contributed by atoms with Crippen LogP contribution in [0.2, 0.25) is 0 Å². The van der Waals surface area contributed by atoms with Crippen LogP contribution in [0.1, 0.15) is 19.8 Å². The summed E-state index contributed by atoms with van der Waals surface area (Å²) in [6, 6.07) is 5.69. The van der Waals surface area contributed by atoms with Crippen LogP contribution in [0.5, 0.6) is 5.75 Å². The number of ether oxygens (including phenoxy) is 1. The van der Waals surface area contributed by atoms with Crippen molar-refractivity contribution in [1.82, 2.24) is 5.32 Å². The quantitative estimate of drug-likeness (QED) is 0.805. The van der Waals surface area contributed by atoms with E-state index < -0.39 is 0 Å². The fraction of sp³-hybridized carbons (Fsp3) is 0.500. The lowest BCUT2D eigenvalue weighted by Crippen LogP contribution is -2.33. The number of benzene rings is 1. The van der Waals surface area contributed by atoms with E-state index in [-0.39, 0.29) is 5.91 Å². The maximum Gasteiger partial charge on any atom is 0.239 e. The molecule has 1 fully saturated rings. The third-order valence-corrected chi connectivity index (χ3v) is 3.09. The van der Waals surface area contributed by atoms with Gasteiger partial charge >= 0.3 is 0 Å². The predicted molar refractivity (Wildman–Crippen MR) is 76.5 cm³/mol. The first-order valence-corrected chi connectivity index (χ1v) is 6.74. The molecule has 1 aliphatic rings. The van der Waals surface area contributed by atoms with Crippen molar-refractivity contribution >= 4 is 17.3 Å². The number of carbonyl (C=O) groups excluding carboxylic acids is 1. The molecular weight excluding hydrogens is 242 g/mol. The highest BCUT2D eigenvalue weighted by molar-refractivity contribution is 5.82. The molecule has 0 spiro atoms. The van der Waals surface area contributed by atoms with Crippen LogP contribution in [0.4, 0.5) is 11.4 Å². The molecule has 0 aliphatic carbocycles. The van der Waals surface area contributed by atoms with Gasteiger partial charge < -0.3 is 20.7 Å². The Labute approximate surface area is 113 Å². The second-order valence-corrected chi connectivity index (χ2v) is 4.70. The van der Waals surface area contributed by atoms with Crippen LogP contribution >= 0.6 is 0 Å². The summed E-state index contributed by atoms with van der Waals surface area (Å²) in [5.41, 5.74) is 7.51. The molecule has 0 saturated carbocycles. The SMILES string of the molecule is CCCOc1cc(N2CCCNC(=O)C2)ccc1N. The third-order valence-electron chi connectivity index (χ3n) is 3.09. The van der Waals surface area contributed by atoms with Crippen LogP contribution in [-0.4, -0.2) is 32.1 Å². The summed E-state index contributed by atoms with van der Waals surface area (Å²) in [5.74, 6) is 0.759. The molecule has 5 heteroatoms. The van der Waals surface area contributed by atoms with Crippen molar-refractivity contribution in [1.29, 1.82) is 0 Å². The first-order chi connectivity index (χ1) is 9.20. The third kappa shape index (κ3) is 3.53. The van der Waals surface area contributed by atoms with Crippen molar-refractivity contribution in [3.05, 3.63) is 18.2 Å². The number of rotatable bonds is 4. The van der Waals surface area contributed by atoms with E-state index in [1.54, 1.807) is 0 Å². The number of nitrogens with two attached hydrogens (primary N) is 1. The van der Waals surface area contributed by atoms with E-state index in [0.29, 0.717) is 24.6 Å². The second-order valence-electron chi connectivity index (χ2n) is 4.70. The number of nitrogens with one attached hydrogen (secondary N) is 1. The van der Waals surface area contributed by atoms with Crippen LogP contribution in [0.15, 0.2) is 18.2 Å². The Bertz CT molecular complexity index is 448. The van der Waals surface area contributed by atoms with Crippen molar-refractivity contribution in [3.8, 4) is 5.75 Å². The first kappa shape index (κ1) is 13.5. The van der Waals surface area contributed by atoms with Crippen LogP contribution in [0.3, 0.4) is 0 Å². The number of hydrogen-bond donors (Lipinski definition) is 2. The lowest BCUT2D eigenvalue weighted by molar-refractivity contribution is -0.119. The van der Waals surface area contributed by atoms with Gasteiger partial charge in [0.05, 0.1) is 18.8 Å². The topological polar surface area (TPSA) is 67.6 Å². The molecule has 1 saturated heterocycles. The summed E-state index contributed by atoms with van der Waals surface area (Å²) in [7, 11) is 0. The molecule has 1 aliphatic heterocycles. The lowest BCUT2D eigenvalue weighted by Gasteiger charge is -2.22. The maximum atomic E-state index is 11.6. The van der Waals surface area contributed by atoms with E-state index in [1.165, 1.54) is 0 Å². The maximum absolute atomic E-state index is 11.6. The number of anilines is 2. The minimum atomic E-state index is 0.0605. The molecule has 0 radical (unpaired) electrons. The Balaban J connectivity index is 2.16. The molecule has 5 nitrogen and oxygen atoms in total. The second kappa shape index (κ2) is 6.31. The van der Waals surface area contributed by atoms with Gasteiger partial charge in [-0.3, -0.25) is 4.79 Å². The zero-order chi connectivity index (χ0) is 13.7. The summed E-state index contributed by atoms with van der Waals surface area (Å²) >= 11 is 0. The van der Waals surface area contributed by atoms with Gasteiger partial charge in [0.25, 0.3) is 0 Å². The van der Waals surface area contributed by atoms with Crippen LogP contribution in [-0.2, 0) is 4.79 Å². The highest BCUT2D eigenvalue weighted by Gasteiger charge is 2.16. The molecule has 3 N–H and O–H groups in total. The average molecular weight is 263 g/mol. The van der Waals surface area contributed by atoms with Gasteiger partial charge in [-0.25, -0.2) is 0 Å². The van der Waals surface area contributed by atoms with Crippen LogP contribution in [0, 0.1) is 0 Å². The summed E-state index contributed by atoms with van der Waals surface area (Å²) in [4.78, 5) is 13.6. The van der Waals surface area contributed by atoms with E-state index in [2.05, 4.69) is 17.1 Å². The number of hydrogen-bond acceptors (Lipinski definition) is 4. The molecule has 0 unspecified atom stereocenters. The number of nitrogens with zero attached hydrogens (tertiary/aromatic N) is 1. The zero-order valence-electron chi connectivity index (χ0n) is 11.3. The summed E-state index contributed by atoms with van der Waals surface area (Å²) in [6.07, 6.45) is 1.89. The van der Waals surface area contributed by atoms with E-state index in [4.69, 9.17) is 10.5 Å². The number of amides is 1. The van der Waals surface area contributed by atoms with Gasteiger partial charge in [-0.2, -0.15) is 0 Å². The fourth-order valence-electron chi connectivity index (χ4n) is 2.08. The fourth-order valence-corrected chi connectivity index (χ4v) is 2.08. The van der Waals surface area contributed by atoms with Crippen molar-refractivity contribution in [2.45, 2.75) is 19.8 Å². The largest absolute Gasteiger partial charge is 0.491 e. The standard InChI is InChI=1S/C14H21N3O2/c1-2-8-19-13-9-11(4-5-12(13)15)17-7-3-6-16-14(18)10-17/h4-5,9H,2-3,6-8,10,15H2,1H3,(H,16,18). The summed E-state index contributed by atoms with van der Waals surface area (Å²) < 4.78 is 5.62. The van der Waals surface area contributed by atoms with Crippen molar-refractivity contribution in [2.24, 2.45) is 0 Å². The molecule has 0 atom stereocenters. The van der Waals surface area contributed by atoms with Crippen LogP contribution < -0.4 is 20.7 Å². The molecular formula is C14H21N3O2. The lowest BCUT2D eigenvalue weighted by atomic mass is 10.2. The summed E-state index contributed by atoms with van der Waals surface area (Å²) in [5, 5.41) is 2.87. The Morgan fingerprint density at radius 2 is 2.32 bits per heavy atom. The first-order valence-electron chi connectivity index (χ1n) is 6.74. The van der Waals surface area contributed by atoms with Crippen molar-refractivity contribution in [3.63, 3.8) is 0 Å². The Hall–Kier alpha value is -1.91. The molecule has 0 bridgehead atoms. The molecule has 1 heterocycles. The van der Waals surface area contributed by atoms with E-state index in [1.807, 2.05) is 18.2 Å². The van der Waals surface area contributed by atoms with Gasteiger partial charge in [0.15, 0.2) is 0 Å². The smallest absolute Gasteiger partial charge is 0.239 e. The molecule has 104 valence electrons. The van der Waals surface area contributed by atoms with E-state index in [0.717, 1.165) is 31.6 Å². The Kier molecular flexibility index (Phi) is 4.49.